The number of para-hydroxylation sites is 1. The van der Waals surface area contributed by atoms with Crippen LogP contribution in [0.15, 0.2) is 59.7 Å². The Morgan fingerprint density at radius 2 is 1.83 bits per heavy atom. The Labute approximate surface area is 135 Å². The Kier molecular flexibility index (Phi) is 4.24. The number of nitrogens with zero attached hydrogens (tertiary/aromatic N) is 2. The number of ether oxygens (including phenoxy) is 1. The largest absolute Gasteiger partial charge is 0.497 e. The van der Waals surface area contributed by atoms with Crippen LogP contribution in [0.5, 0.6) is 5.75 Å². The minimum absolute atomic E-state index is 0.745. The number of benzene rings is 2. The summed E-state index contributed by atoms with van der Waals surface area (Å²) < 4.78 is 5.17. The molecule has 1 N–H and O–H groups in total. The number of rotatable bonds is 4. The Morgan fingerprint density at radius 1 is 1.09 bits per heavy atom. The van der Waals surface area contributed by atoms with Crippen LogP contribution in [0.3, 0.4) is 0 Å². The van der Waals surface area contributed by atoms with E-state index < -0.39 is 0 Å². The minimum Gasteiger partial charge on any atom is -0.497 e. The molecule has 0 bridgehead atoms. The summed E-state index contributed by atoms with van der Waals surface area (Å²) in [6.45, 7) is 4.04. The van der Waals surface area contributed by atoms with Crippen LogP contribution in [0.4, 0.5) is 5.82 Å². The number of anilines is 1. The van der Waals surface area contributed by atoms with Gasteiger partial charge in [0.2, 0.25) is 0 Å². The third-order valence-corrected chi connectivity index (χ3v) is 3.77. The first kappa shape index (κ1) is 15.0. The molecule has 0 radical (unpaired) electrons. The molecule has 0 amide bonds. The summed E-state index contributed by atoms with van der Waals surface area (Å²) in [6.07, 6.45) is 0. The fraction of sp³-hybridized carbons (Fsp3) is 0.158. The van der Waals surface area contributed by atoms with Gasteiger partial charge < -0.3 is 4.74 Å². The molecule has 0 saturated heterocycles. The molecule has 0 aliphatic rings. The van der Waals surface area contributed by atoms with Gasteiger partial charge >= 0.3 is 0 Å². The van der Waals surface area contributed by atoms with Gasteiger partial charge in [0.15, 0.2) is 0 Å². The number of hydrazone groups is 1. The maximum atomic E-state index is 5.17. The molecule has 1 aromatic heterocycles. The Hall–Kier alpha value is -2.88. The van der Waals surface area contributed by atoms with Crippen molar-refractivity contribution in [1.29, 1.82) is 0 Å². The van der Waals surface area contributed by atoms with Crippen molar-refractivity contribution in [3.8, 4) is 5.75 Å². The van der Waals surface area contributed by atoms with Gasteiger partial charge in [0.05, 0.1) is 18.3 Å². The Bertz CT molecular complexity index is 854. The number of aryl methyl sites for hydroxylation is 1. The average Bonchev–Trinajstić information content (AvgIpc) is 2.60. The van der Waals surface area contributed by atoms with Crippen molar-refractivity contribution in [2.45, 2.75) is 13.8 Å². The molecule has 4 heteroatoms. The molecule has 0 saturated carbocycles. The highest BCUT2D eigenvalue weighted by Gasteiger charge is 2.02. The van der Waals surface area contributed by atoms with E-state index in [2.05, 4.69) is 28.5 Å². The van der Waals surface area contributed by atoms with Gasteiger partial charge in [-0.2, -0.15) is 5.10 Å². The zero-order chi connectivity index (χ0) is 16.2. The first-order valence-electron chi connectivity index (χ1n) is 7.48. The summed E-state index contributed by atoms with van der Waals surface area (Å²) in [7, 11) is 1.66. The van der Waals surface area contributed by atoms with E-state index in [0.29, 0.717) is 0 Å². The van der Waals surface area contributed by atoms with Gasteiger partial charge in [-0.25, -0.2) is 4.98 Å². The molecule has 116 valence electrons. The van der Waals surface area contributed by atoms with Crippen LogP contribution >= 0.6 is 0 Å². The lowest BCUT2D eigenvalue weighted by molar-refractivity contribution is 0.415. The zero-order valence-electron chi connectivity index (χ0n) is 13.5. The van der Waals surface area contributed by atoms with Crippen LogP contribution in [0.1, 0.15) is 18.1 Å². The molecule has 3 rings (SSSR count). The van der Waals surface area contributed by atoms with Crippen LogP contribution < -0.4 is 10.2 Å². The predicted molar refractivity (Wildman–Crippen MR) is 95.3 cm³/mol. The average molecular weight is 305 g/mol. The molecule has 0 spiro atoms. The van der Waals surface area contributed by atoms with Crippen LogP contribution in [-0.2, 0) is 0 Å². The van der Waals surface area contributed by atoms with Crippen LogP contribution in [0.25, 0.3) is 10.9 Å². The van der Waals surface area contributed by atoms with E-state index in [1.165, 1.54) is 5.56 Å². The standard InChI is InChI=1S/C19H19N3O/c1-13-12-19(20-18-7-5-4-6-17(13)18)22-21-14(2)15-8-10-16(23-3)11-9-15/h4-12H,1-3H3,(H,20,22)/b21-14+. The van der Waals surface area contributed by atoms with E-state index in [9.17, 15) is 0 Å². The molecule has 1 heterocycles. The molecule has 0 aliphatic heterocycles. The fourth-order valence-corrected chi connectivity index (χ4v) is 2.44. The van der Waals surface area contributed by atoms with Gasteiger partial charge in [-0.1, -0.05) is 18.2 Å². The van der Waals surface area contributed by atoms with Gasteiger partial charge in [0.25, 0.3) is 0 Å². The van der Waals surface area contributed by atoms with Gasteiger partial charge in [0.1, 0.15) is 11.6 Å². The zero-order valence-corrected chi connectivity index (χ0v) is 13.5. The smallest absolute Gasteiger partial charge is 0.147 e. The molecule has 3 aromatic rings. The van der Waals surface area contributed by atoms with Crippen molar-refractivity contribution in [3.63, 3.8) is 0 Å². The van der Waals surface area contributed by atoms with Crippen molar-refractivity contribution >= 4 is 22.4 Å². The second-order valence-corrected chi connectivity index (χ2v) is 5.38. The summed E-state index contributed by atoms with van der Waals surface area (Å²) >= 11 is 0. The van der Waals surface area contributed by atoms with E-state index in [4.69, 9.17) is 4.74 Å². The first-order chi connectivity index (χ1) is 11.2. The summed E-state index contributed by atoms with van der Waals surface area (Å²) in [5.74, 6) is 1.58. The van der Waals surface area contributed by atoms with E-state index >= 15 is 0 Å². The summed E-state index contributed by atoms with van der Waals surface area (Å²) in [5.41, 5.74) is 7.12. The lowest BCUT2D eigenvalue weighted by Crippen LogP contribution is -2.01. The maximum Gasteiger partial charge on any atom is 0.147 e. The third-order valence-electron chi connectivity index (χ3n) is 3.77. The van der Waals surface area contributed by atoms with Crippen molar-refractivity contribution in [2.75, 3.05) is 12.5 Å². The Balaban J connectivity index is 1.83. The van der Waals surface area contributed by atoms with Gasteiger partial charge in [0, 0.05) is 5.39 Å². The highest BCUT2D eigenvalue weighted by molar-refractivity contribution is 5.99. The highest BCUT2D eigenvalue weighted by Crippen LogP contribution is 2.20. The molecule has 0 atom stereocenters. The summed E-state index contributed by atoms with van der Waals surface area (Å²) in [5, 5.41) is 5.59. The lowest BCUT2D eigenvalue weighted by atomic mass is 10.1. The van der Waals surface area contributed by atoms with Gasteiger partial charge in [-0.15, -0.1) is 0 Å². The predicted octanol–water partition coefficient (Wildman–Crippen LogP) is 4.39. The molecular weight excluding hydrogens is 286 g/mol. The van der Waals surface area contributed by atoms with Crippen molar-refractivity contribution < 1.29 is 4.74 Å². The molecule has 0 fully saturated rings. The number of pyridine rings is 1. The number of hydrogen-bond acceptors (Lipinski definition) is 4. The van der Waals surface area contributed by atoms with Crippen molar-refractivity contribution in [1.82, 2.24) is 4.98 Å². The molecule has 4 nitrogen and oxygen atoms in total. The van der Waals surface area contributed by atoms with E-state index in [0.717, 1.165) is 33.7 Å². The number of aromatic nitrogens is 1. The van der Waals surface area contributed by atoms with Crippen molar-refractivity contribution in [3.05, 3.63) is 65.7 Å². The fourth-order valence-electron chi connectivity index (χ4n) is 2.44. The molecular formula is C19H19N3O. The quantitative estimate of drug-likeness (QED) is 0.574. The van der Waals surface area contributed by atoms with Crippen LogP contribution in [0, 0.1) is 6.92 Å². The van der Waals surface area contributed by atoms with Crippen LogP contribution in [-0.4, -0.2) is 17.8 Å². The van der Waals surface area contributed by atoms with E-state index in [-0.39, 0.29) is 0 Å². The van der Waals surface area contributed by atoms with E-state index in [1.54, 1.807) is 7.11 Å². The summed E-state index contributed by atoms with van der Waals surface area (Å²) in [6, 6.07) is 17.9. The second kappa shape index (κ2) is 6.48. The van der Waals surface area contributed by atoms with Crippen molar-refractivity contribution in [2.24, 2.45) is 5.10 Å². The minimum atomic E-state index is 0.745. The second-order valence-electron chi connectivity index (χ2n) is 5.38. The number of hydrogen-bond donors (Lipinski definition) is 1. The van der Waals surface area contributed by atoms with E-state index in [1.807, 2.05) is 55.5 Å². The Morgan fingerprint density at radius 3 is 2.57 bits per heavy atom. The number of methoxy groups -OCH3 is 1. The van der Waals surface area contributed by atoms with Gasteiger partial charge in [-0.3, -0.25) is 5.43 Å². The topological polar surface area (TPSA) is 46.5 Å². The van der Waals surface area contributed by atoms with Crippen LogP contribution in [0.2, 0.25) is 0 Å². The normalized spacial score (nSPS) is 11.5. The third kappa shape index (κ3) is 3.31. The molecule has 0 aliphatic carbocycles. The summed E-state index contributed by atoms with van der Waals surface area (Å²) in [4.78, 5) is 4.59. The number of fused-ring (bicyclic) bond motifs is 1. The molecule has 0 unspecified atom stereocenters. The maximum absolute atomic E-state index is 5.17. The SMILES string of the molecule is COc1ccc(/C(C)=N/Nc2cc(C)c3ccccc3n2)cc1. The molecule has 2 aromatic carbocycles. The number of nitrogens with one attached hydrogen (secondary N) is 1. The highest BCUT2D eigenvalue weighted by atomic mass is 16.5. The first-order valence-corrected chi connectivity index (χ1v) is 7.48. The molecule has 23 heavy (non-hydrogen) atoms. The monoisotopic (exact) mass is 305 g/mol. The lowest BCUT2D eigenvalue weighted by Gasteiger charge is -2.07. The van der Waals surface area contributed by atoms with Gasteiger partial charge in [-0.05, 0) is 61.4 Å².